The molecule has 8 heteroatoms. The lowest BCUT2D eigenvalue weighted by Gasteiger charge is -2.25. The van der Waals surface area contributed by atoms with Crippen LogP contribution in [0.5, 0.6) is 11.5 Å². The van der Waals surface area contributed by atoms with Gasteiger partial charge in [0, 0.05) is 11.8 Å². The third-order valence-corrected chi connectivity index (χ3v) is 5.83. The number of carbonyl (C=O) groups excluding carboxylic acids is 1. The third kappa shape index (κ3) is 4.82. The van der Waals surface area contributed by atoms with Gasteiger partial charge in [-0.3, -0.25) is 9.10 Å². The monoisotopic (exact) mass is 418 g/mol. The molecule has 0 radical (unpaired) electrons. The number of fused-ring (bicyclic) bond motifs is 1. The maximum Gasteiger partial charge on any atom is 0.245 e. The largest absolute Gasteiger partial charge is 0.486 e. The van der Waals surface area contributed by atoms with Gasteiger partial charge in [-0.1, -0.05) is 32.0 Å². The minimum atomic E-state index is -3.69. The molecule has 0 aromatic heterocycles. The van der Waals surface area contributed by atoms with E-state index in [9.17, 15) is 13.2 Å². The summed E-state index contributed by atoms with van der Waals surface area (Å²) in [6.45, 7) is 6.49. The van der Waals surface area contributed by atoms with Crippen LogP contribution in [0.4, 0.5) is 11.4 Å². The van der Waals surface area contributed by atoms with Gasteiger partial charge in [0.05, 0.1) is 11.9 Å². The highest BCUT2D eigenvalue weighted by Crippen LogP contribution is 2.35. The molecule has 0 saturated carbocycles. The first-order valence-electron chi connectivity index (χ1n) is 9.43. The molecule has 0 aliphatic carbocycles. The Morgan fingerprint density at radius 3 is 2.48 bits per heavy atom. The fourth-order valence-corrected chi connectivity index (χ4v) is 4.09. The number of carbonyl (C=O) groups is 1. The van der Waals surface area contributed by atoms with Crippen LogP contribution in [0.15, 0.2) is 36.4 Å². The number of hydrogen-bond acceptors (Lipinski definition) is 5. The van der Waals surface area contributed by atoms with Crippen molar-refractivity contribution in [3.05, 3.63) is 47.5 Å². The number of anilines is 2. The second-order valence-electron chi connectivity index (χ2n) is 7.34. The van der Waals surface area contributed by atoms with E-state index in [0.29, 0.717) is 30.4 Å². The number of nitrogens with one attached hydrogen (secondary N) is 1. The fourth-order valence-electron chi connectivity index (χ4n) is 3.24. The molecule has 0 fully saturated rings. The Kier molecular flexibility index (Phi) is 6.02. The van der Waals surface area contributed by atoms with Crippen molar-refractivity contribution in [1.82, 2.24) is 0 Å². The summed E-state index contributed by atoms with van der Waals surface area (Å²) in [5.41, 5.74) is 3.00. The number of amides is 1. The van der Waals surface area contributed by atoms with Gasteiger partial charge in [0.25, 0.3) is 0 Å². The average molecular weight is 419 g/mol. The highest BCUT2D eigenvalue weighted by molar-refractivity contribution is 7.92. The first-order chi connectivity index (χ1) is 13.7. The predicted octanol–water partition coefficient (Wildman–Crippen LogP) is 3.29. The first kappa shape index (κ1) is 21.0. The molecule has 1 heterocycles. The summed E-state index contributed by atoms with van der Waals surface area (Å²) in [4.78, 5) is 12.8. The number of ether oxygens (including phenoxy) is 2. The maximum atomic E-state index is 12.8. The number of sulfonamides is 1. The molecular formula is C21H26N2O5S. The Balaban J connectivity index is 1.86. The molecule has 0 bridgehead atoms. The van der Waals surface area contributed by atoms with Gasteiger partial charge < -0.3 is 14.8 Å². The number of nitrogens with zero attached hydrogens (tertiary/aromatic N) is 1. The summed E-state index contributed by atoms with van der Waals surface area (Å²) in [5.74, 6) is 0.818. The average Bonchev–Trinajstić information content (AvgIpc) is 2.66. The summed E-state index contributed by atoms with van der Waals surface area (Å²) in [5, 5.41) is 2.89. The van der Waals surface area contributed by atoms with Crippen molar-refractivity contribution in [2.75, 3.05) is 35.6 Å². The van der Waals surface area contributed by atoms with Crippen molar-refractivity contribution in [2.45, 2.75) is 26.7 Å². The van der Waals surface area contributed by atoms with Crippen molar-refractivity contribution in [3.8, 4) is 11.5 Å². The standard InChI is InChI=1S/C21H26N2O5S/c1-14(2)17-7-5-6-15(3)21(17)22-20(24)13-23(29(4,25)26)16-8-9-18-19(12-16)28-11-10-27-18/h5-9,12,14H,10-11,13H2,1-4H3,(H,22,24). The Morgan fingerprint density at radius 1 is 1.14 bits per heavy atom. The summed E-state index contributed by atoms with van der Waals surface area (Å²) >= 11 is 0. The van der Waals surface area contributed by atoms with Crippen molar-refractivity contribution >= 4 is 27.3 Å². The van der Waals surface area contributed by atoms with E-state index in [1.165, 1.54) is 0 Å². The third-order valence-electron chi connectivity index (χ3n) is 4.69. The van der Waals surface area contributed by atoms with Crippen molar-refractivity contribution in [2.24, 2.45) is 0 Å². The molecule has 1 N–H and O–H groups in total. The van der Waals surface area contributed by atoms with E-state index in [4.69, 9.17) is 9.47 Å². The van der Waals surface area contributed by atoms with Crippen LogP contribution in [0.1, 0.15) is 30.9 Å². The second-order valence-corrected chi connectivity index (χ2v) is 9.25. The van der Waals surface area contributed by atoms with E-state index >= 15 is 0 Å². The minimum absolute atomic E-state index is 0.217. The zero-order valence-electron chi connectivity index (χ0n) is 17.1. The minimum Gasteiger partial charge on any atom is -0.486 e. The number of rotatable bonds is 6. The summed E-state index contributed by atoms with van der Waals surface area (Å²) in [6.07, 6.45) is 1.07. The highest BCUT2D eigenvalue weighted by atomic mass is 32.2. The predicted molar refractivity (Wildman–Crippen MR) is 114 cm³/mol. The van der Waals surface area contributed by atoms with Gasteiger partial charge in [-0.25, -0.2) is 8.42 Å². The van der Waals surface area contributed by atoms with E-state index in [2.05, 4.69) is 5.32 Å². The zero-order valence-corrected chi connectivity index (χ0v) is 17.9. The van der Waals surface area contributed by atoms with Crippen LogP contribution < -0.4 is 19.1 Å². The Labute approximate surface area is 171 Å². The van der Waals surface area contributed by atoms with Crippen LogP contribution in [0, 0.1) is 6.92 Å². The van der Waals surface area contributed by atoms with E-state index in [-0.39, 0.29) is 12.5 Å². The normalized spacial score (nSPS) is 13.3. The molecule has 0 atom stereocenters. The molecule has 3 rings (SSSR count). The maximum absolute atomic E-state index is 12.8. The van der Waals surface area contributed by atoms with Gasteiger partial charge in [-0.15, -0.1) is 0 Å². The smallest absolute Gasteiger partial charge is 0.245 e. The van der Waals surface area contributed by atoms with Crippen molar-refractivity contribution in [3.63, 3.8) is 0 Å². The molecular weight excluding hydrogens is 392 g/mol. The number of para-hydroxylation sites is 1. The lowest BCUT2D eigenvalue weighted by Crippen LogP contribution is -2.37. The van der Waals surface area contributed by atoms with E-state index in [0.717, 1.165) is 27.4 Å². The highest BCUT2D eigenvalue weighted by Gasteiger charge is 2.24. The van der Waals surface area contributed by atoms with E-state index < -0.39 is 15.9 Å². The van der Waals surface area contributed by atoms with Gasteiger partial charge in [-0.05, 0) is 36.1 Å². The molecule has 1 aliphatic heterocycles. The van der Waals surface area contributed by atoms with Gasteiger partial charge in [-0.2, -0.15) is 0 Å². The second kappa shape index (κ2) is 8.32. The molecule has 0 spiro atoms. The zero-order chi connectivity index (χ0) is 21.2. The topological polar surface area (TPSA) is 84.9 Å². The number of benzene rings is 2. The molecule has 0 unspecified atom stereocenters. The van der Waals surface area contributed by atoms with E-state index in [1.807, 2.05) is 39.0 Å². The van der Waals surface area contributed by atoms with E-state index in [1.54, 1.807) is 18.2 Å². The van der Waals surface area contributed by atoms with Crippen LogP contribution in [-0.2, 0) is 14.8 Å². The number of aryl methyl sites for hydroxylation is 1. The molecule has 2 aromatic rings. The summed E-state index contributed by atoms with van der Waals surface area (Å²) < 4.78 is 36.9. The van der Waals surface area contributed by atoms with Crippen molar-refractivity contribution in [1.29, 1.82) is 0 Å². The molecule has 2 aromatic carbocycles. The van der Waals surface area contributed by atoms with Gasteiger partial charge in [0.1, 0.15) is 19.8 Å². The van der Waals surface area contributed by atoms with Crippen LogP contribution in [0.3, 0.4) is 0 Å². The molecule has 0 saturated heterocycles. The van der Waals surface area contributed by atoms with Gasteiger partial charge >= 0.3 is 0 Å². The molecule has 7 nitrogen and oxygen atoms in total. The molecule has 29 heavy (non-hydrogen) atoms. The van der Waals surface area contributed by atoms with Crippen LogP contribution >= 0.6 is 0 Å². The Hall–Kier alpha value is -2.74. The summed E-state index contributed by atoms with van der Waals surface area (Å²) in [7, 11) is -3.69. The lowest BCUT2D eigenvalue weighted by atomic mass is 9.98. The molecule has 156 valence electrons. The molecule has 1 aliphatic rings. The first-order valence-corrected chi connectivity index (χ1v) is 11.3. The Bertz CT molecular complexity index is 1020. The Morgan fingerprint density at radius 2 is 1.83 bits per heavy atom. The van der Waals surface area contributed by atoms with Gasteiger partial charge in [0.2, 0.25) is 15.9 Å². The SMILES string of the molecule is Cc1cccc(C(C)C)c1NC(=O)CN(c1ccc2c(c1)OCCO2)S(C)(=O)=O. The van der Waals surface area contributed by atoms with Crippen LogP contribution in [-0.4, -0.2) is 40.3 Å². The van der Waals surface area contributed by atoms with Gasteiger partial charge in [0.15, 0.2) is 11.5 Å². The van der Waals surface area contributed by atoms with Crippen molar-refractivity contribution < 1.29 is 22.7 Å². The summed E-state index contributed by atoms with van der Waals surface area (Å²) in [6, 6.07) is 10.7. The molecule has 1 amide bonds. The quantitative estimate of drug-likeness (QED) is 0.778. The lowest BCUT2D eigenvalue weighted by molar-refractivity contribution is -0.114. The number of hydrogen-bond donors (Lipinski definition) is 1. The fraction of sp³-hybridized carbons (Fsp3) is 0.381. The van der Waals surface area contributed by atoms with Crippen LogP contribution in [0.25, 0.3) is 0 Å². The van der Waals surface area contributed by atoms with Crippen LogP contribution in [0.2, 0.25) is 0 Å².